The molecular formula is C37H40Cl2F4N4O5S3. The van der Waals surface area contributed by atoms with Gasteiger partial charge in [-0.3, -0.25) is 4.79 Å². The van der Waals surface area contributed by atoms with E-state index in [0.29, 0.717) is 45.2 Å². The molecule has 1 N–H and O–H groups in total. The number of nitrogens with zero attached hydrogens (tertiary/aromatic N) is 4. The highest BCUT2D eigenvalue weighted by atomic mass is 35.5. The number of likely N-dealkylation sites (tertiary alicyclic amines) is 1. The number of anilines is 1. The fourth-order valence-corrected chi connectivity index (χ4v) is 10.5. The average Bonchev–Trinajstić information content (AvgIpc) is 3.83. The Bertz CT molecular complexity index is 2030. The summed E-state index contributed by atoms with van der Waals surface area (Å²) in [6, 6.07) is 15.6. The Kier molecular flexibility index (Phi) is 14.8. The first-order valence-corrected chi connectivity index (χ1v) is 21.5. The van der Waals surface area contributed by atoms with E-state index in [-0.39, 0.29) is 30.7 Å². The lowest BCUT2D eigenvalue weighted by Crippen LogP contribution is -2.45. The molecule has 0 radical (unpaired) electrons. The van der Waals surface area contributed by atoms with Crippen molar-refractivity contribution in [3.05, 3.63) is 86.4 Å². The van der Waals surface area contributed by atoms with E-state index in [4.69, 9.17) is 33.1 Å². The van der Waals surface area contributed by atoms with Gasteiger partial charge < -0.3 is 14.9 Å². The van der Waals surface area contributed by atoms with Crippen LogP contribution in [0.1, 0.15) is 42.7 Å². The fraction of sp³-hybridized carbons (Fsp3) is 0.432. The van der Waals surface area contributed by atoms with Gasteiger partial charge in [-0.1, -0.05) is 35.3 Å². The van der Waals surface area contributed by atoms with Crippen molar-refractivity contribution in [2.24, 2.45) is 11.8 Å². The molecule has 55 heavy (non-hydrogen) atoms. The van der Waals surface area contributed by atoms with Crippen molar-refractivity contribution in [1.29, 1.82) is 0 Å². The highest BCUT2D eigenvalue weighted by molar-refractivity contribution is 7.91. The zero-order chi connectivity index (χ0) is 39.9. The highest BCUT2D eigenvalue weighted by Crippen LogP contribution is 2.35. The number of piperidine rings is 2. The van der Waals surface area contributed by atoms with Gasteiger partial charge in [0.2, 0.25) is 5.91 Å². The van der Waals surface area contributed by atoms with Gasteiger partial charge in [0, 0.05) is 36.6 Å². The zero-order valence-corrected chi connectivity index (χ0v) is 33.7. The summed E-state index contributed by atoms with van der Waals surface area (Å²) in [5.74, 6) is -2.69. The first kappa shape index (κ1) is 43.0. The summed E-state index contributed by atoms with van der Waals surface area (Å²) >= 11 is 15.4. The molecule has 0 atom stereocenters. The Morgan fingerprint density at radius 1 is 0.964 bits per heavy atom. The minimum Gasteiger partial charge on any atom is -0.475 e. The van der Waals surface area contributed by atoms with E-state index in [2.05, 4.69) is 9.88 Å². The quantitative estimate of drug-likeness (QED) is 0.150. The second-order valence-corrected chi connectivity index (χ2v) is 18.5. The maximum atomic E-state index is 14.0. The van der Waals surface area contributed by atoms with Crippen LogP contribution in [0.5, 0.6) is 0 Å². The summed E-state index contributed by atoms with van der Waals surface area (Å²) in [4.78, 5) is 32.5. The van der Waals surface area contributed by atoms with E-state index in [1.165, 1.54) is 44.7 Å². The lowest BCUT2D eigenvalue weighted by Gasteiger charge is -2.35. The van der Waals surface area contributed by atoms with Crippen molar-refractivity contribution < 1.29 is 40.7 Å². The molecule has 0 spiro atoms. The third kappa shape index (κ3) is 11.7. The monoisotopic (exact) mass is 862 g/mol. The molecule has 9 nitrogen and oxygen atoms in total. The number of carboxylic acid groups (broad SMARTS) is 1. The Morgan fingerprint density at radius 2 is 1.62 bits per heavy atom. The van der Waals surface area contributed by atoms with Crippen LogP contribution in [0.2, 0.25) is 10.0 Å². The molecular weight excluding hydrogens is 824 g/mol. The second-order valence-electron chi connectivity index (χ2n) is 13.4. The standard InChI is InChI=1S/C35H39Cl2FN4O3S3.C2HF3O2/c1-24-39-32(23-46-24)33-9-10-34(47-33)48(44,45)41-19-13-27(14-20-41)35(43)42(29-7-8-30(36)31(37)22-29)16-2-15-40-17-11-26(12-18-40)21-25-3-5-28(38)6-4-25;3-2(4,5)1(6)7/h3-10,22-23,26-27H,2,11-21H2,1H3;(H,6,7). The van der Waals surface area contributed by atoms with E-state index < -0.39 is 22.2 Å². The molecule has 2 aromatic carbocycles. The lowest BCUT2D eigenvalue weighted by atomic mass is 9.90. The van der Waals surface area contributed by atoms with Crippen LogP contribution in [-0.2, 0) is 26.0 Å². The molecule has 2 fully saturated rings. The third-order valence-electron chi connectivity index (χ3n) is 9.57. The number of hydrogen-bond donors (Lipinski definition) is 1. The number of carbonyl (C=O) groups excluding carboxylic acids is 1. The van der Waals surface area contributed by atoms with Gasteiger partial charge in [0.05, 0.1) is 25.6 Å². The van der Waals surface area contributed by atoms with E-state index in [0.717, 1.165) is 60.9 Å². The normalized spacial score (nSPS) is 16.4. The van der Waals surface area contributed by atoms with E-state index in [9.17, 15) is 30.8 Å². The number of thiazole rings is 1. The van der Waals surface area contributed by atoms with Crippen molar-refractivity contribution in [3.8, 4) is 10.6 Å². The number of benzene rings is 2. The highest BCUT2D eigenvalue weighted by Gasteiger charge is 2.38. The topological polar surface area (TPSA) is 111 Å². The average molecular weight is 864 g/mol. The smallest absolute Gasteiger partial charge is 0.475 e. The van der Waals surface area contributed by atoms with Crippen LogP contribution in [0, 0.1) is 24.6 Å². The number of aromatic nitrogens is 1. The number of aryl methyl sites for hydroxylation is 1. The maximum Gasteiger partial charge on any atom is 0.490 e. The first-order valence-electron chi connectivity index (χ1n) is 17.6. The molecule has 298 valence electrons. The van der Waals surface area contributed by atoms with Crippen LogP contribution < -0.4 is 4.90 Å². The Hall–Kier alpha value is -3.12. The van der Waals surface area contributed by atoms with E-state index in [1.54, 1.807) is 23.1 Å². The number of aliphatic carboxylic acids is 1. The van der Waals surface area contributed by atoms with Gasteiger partial charge >= 0.3 is 12.1 Å². The van der Waals surface area contributed by atoms with Crippen LogP contribution >= 0.6 is 45.9 Å². The van der Waals surface area contributed by atoms with Crippen LogP contribution in [0.3, 0.4) is 0 Å². The Balaban J connectivity index is 0.000000757. The Morgan fingerprint density at radius 3 is 2.20 bits per heavy atom. The molecule has 1 amide bonds. The van der Waals surface area contributed by atoms with E-state index in [1.807, 2.05) is 36.6 Å². The molecule has 0 saturated carbocycles. The zero-order valence-electron chi connectivity index (χ0n) is 29.8. The van der Waals surface area contributed by atoms with Crippen molar-refractivity contribution in [3.63, 3.8) is 0 Å². The number of rotatable bonds is 11. The molecule has 0 aliphatic carbocycles. The van der Waals surface area contributed by atoms with Crippen LogP contribution in [0.25, 0.3) is 10.6 Å². The largest absolute Gasteiger partial charge is 0.490 e. The van der Waals surface area contributed by atoms with Crippen LogP contribution in [0.4, 0.5) is 23.2 Å². The van der Waals surface area contributed by atoms with Gasteiger partial charge in [0.1, 0.15) is 10.0 Å². The molecule has 2 aromatic heterocycles. The van der Waals surface area contributed by atoms with Gasteiger partial charge in [0.15, 0.2) is 0 Å². The molecule has 0 bridgehead atoms. The van der Waals surface area contributed by atoms with Crippen LogP contribution in [-0.4, -0.2) is 85.0 Å². The van der Waals surface area contributed by atoms with Gasteiger partial charge in [0.25, 0.3) is 10.0 Å². The fourth-order valence-electron chi connectivity index (χ4n) is 6.60. The number of carbonyl (C=O) groups is 2. The summed E-state index contributed by atoms with van der Waals surface area (Å²) in [7, 11) is -3.67. The summed E-state index contributed by atoms with van der Waals surface area (Å²) < 4.78 is 73.9. The Labute approximate surface area is 335 Å². The first-order chi connectivity index (χ1) is 26.0. The molecule has 6 rings (SSSR count). The molecule has 2 aliphatic rings. The molecule has 4 aromatic rings. The molecule has 4 heterocycles. The number of halogens is 6. The maximum absolute atomic E-state index is 14.0. The summed E-state index contributed by atoms with van der Waals surface area (Å²) in [5.41, 5.74) is 2.67. The SMILES string of the molecule is Cc1nc(-c2ccc(S(=O)(=O)N3CCC(C(=O)N(CCCN4CCC(Cc5ccc(F)cc5)CC4)c4ccc(Cl)c(Cl)c4)CC3)s2)cs1.O=C(O)C(F)(F)F. The summed E-state index contributed by atoms with van der Waals surface area (Å²) in [6.07, 6.45) is -0.255. The van der Waals surface area contributed by atoms with Gasteiger partial charge in [-0.25, -0.2) is 22.6 Å². The van der Waals surface area contributed by atoms with Crippen molar-refractivity contribution in [1.82, 2.24) is 14.2 Å². The number of amides is 1. The third-order valence-corrected chi connectivity index (χ3v) is 14.6. The van der Waals surface area contributed by atoms with Crippen molar-refractivity contribution in [2.75, 3.05) is 44.2 Å². The van der Waals surface area contributed by atoms with Gasteiger partial charge in [-0.15, -0.1) is 22.7 Å². The number of carboxylic acids is 1. The summed E-state index contributed by atoms with van der Waals surface area (Å²) in [6.45, 7) is 5.88. The molecule has 2 saturated heterocycles. The van der Waals surface area contributed by atoms with E-state index >= 15 is 0 Å². The lowest BCUT2D eigenvalue weighted by molar-refractivity contribution is -0.192. The summed E-state index contributed by atoms with van der Waals surface area (Å²) in [5, 5.41) is 10.8. The van der Waals surface area contributed by atoms with Gasteiger partial charge in [-0.05, 0) is 119 Å². The molecule has 2 aliphatic heterocycles. The minimum atomic E-state index is -5.08. The minimum absolute atomic E-state index is 0.0132. The number of thiophene rings is 1. The predicted molar refractivity (Wildman–Crippen MR) is 208 cm³/mol. The number of alkyl halides is 3. The van der Waals surface area contributed by atoms with Crippen molar-refractivity contribution >= 4 is 73.5 Å². The number of sulfonamides is 1. The number of hydrogen-bond acceptors (Lipinski definition) is 8. The molecule has 0 unspecified atom stereocenters. The van der Waals surface area contributed by atoms with Crippen molar-refractivity contribution in [2.45, 2.75) is 55.8 Å². The van der Waals surface area contributed by atoms with Gasteiger partial charge in [-0.2, -0.15) is 17.5 Å². The second kappa shape index (κ2) is 18.9. The molecule has 18 heteroatoms. The van der Waals surface area contributed by atoms with Crippen LogP contribution in [0.15, 0.2) is 64.2 Å². The predicted octanol–water partition coefficient (Wildman–Crippen LogP) is 9.04.